The maximum atomic E-state index is 11.8. The van der Waals surface area contributed by atoms with Crippen molar-refractivity contribution in [2.24, 2.45) is 5.92 Å². The molecule has 2 N–H and O–H groups in total. The van der Waals surface area contributed by atoms with E-state index in [0.717, 1.165) is 42.1 Å². The van der Waals surface area contributed by atoms with Gasteiger partial charge in [-0.1, -0.05) is 12.8 Å². The molecule has 2 atom stereocenters. The largest absolute Gasteiger partial charge is 0.393 e. The molecule has 0 aliphatic heterocycles. The summed E-state index contributed by atoms with van der Waals surface area (Å²) in [5, 5.41) is 15.9. The van der Waals surface area contributed by atoms with Gasteiger partial charge >= 0.3 is 0 Å². The summed E-state index contributed by atoms with van der Waals surface area (Å²) in [5.74, 6) is 1.53. The highest BCUT2D eigenvalue weighted by Gasteiger charge is 2.23. The van der Waals surface area contributed by atoms with Crippen LogP contribution in [0.3, 0.4) is 0 Å². The highest BCUT2D eigenvalue weighted by molar-refractivity contribution is 7.99. The van der Waals surface area contributed by atoms with Gasteiger partial charge in [0, 0.05) is 23.6 Å². The van der Waals surface area contributed by atoms with E-state index in [-0.39, 0.29) is 17.9 Å². The van der Waals surface area contributed by atoms with Crippen molar-refractivity contribution in [1.82, 2.24) is 10.3 Å². The summed E-state index contributed by atoms with van der Waals surface area (Å²) in [6, 6.07) is 0. The first-order valence-electron chi connectivity index (χ1n) is 7.08. The average Bonchev–Trinajstić information content (AvgIpc) is 2.83. The van der Waals surface area contributed by atoms with Crippen LogP contribution in [0.25, 0.3) is 0 Å². The van der Waals surface area contributed by atoms with Crippen LogP contribution >= 0.6 is 23.1 Å². The van der Waals surface area contributed by atoms with Gasteiger partial charge in [-0.15, -0.1) is 23.1 Å². The summed E-state index contributed by atoms with van der Waals surface area (Å²) < 4.78 is 0. The lowest BCUT2D eigenvalue weighted by Gasteiger charge is -2.27. The topological polar surface area (TPSA) is 62.2 Å². The molecule has 1 heterocycles. The van der Waals surface area contributed by atoms with E-state index in [9.17, 15) is 9.90 Å². The summed E-state index contributed by atoms with van der Waals surface area (Å²) in [5.41, 5.74) is 1.05. The molecule has 1 aromatic rings. The monoisotopic (exact) mass is 314 g/mol. The minimum Gasteiger partial charge on any atom is -0.393 e. The van der Waals surface area contributed by atoms with E-state index < -0.39 is 0 Å². The molecule has 1 saturated carbocycles. The maximum Gasteiger partial charge on any atom is 0.230 e. The SMILES string of the molecule is Cc1nc(CSCC(=O)NCC2CCCCC2O)cs1. The van der Waals surface area contributed by atoms with Crippen LogP contribution in [0.15, 0.2) is 5.38 Å². The number of carbonyl (C=O) groups excluding carboxylic acids is 1. The molecule has 2 rings (SSSR count). The highest BCUT2D eigenvalue weighted by atomic mass is 32.2. The van der Waals surface area contributed by atoms with Gasteiger partial charge in [0.15, 0.2) is 0 Å². The summed E-state index contributed by atoms with van der Waals surface area (Å²) in [6.45, 7) is 2.59. The minimum atomic E-state index is -0.241. The third-order valence-corrected chi connectivity index (χ3v) is 5.37. The van der Waals surface area contributed by atoms with Crippen molar-refractivity contribution >= 4 is 29.0 Å². The molecule has 20 heavy (non-hydrogen) atoms. The number of aliphatic hydroxyl groups is 1. The van der Waals surface area contributed by atoms with Crippen molar-refractivity contribution in [3.05, 3.63) is 16.1 Å². The van der Waals surface area contributed by atoms with Gasteiger partial charge in [-0.25, -0.2) is 4.98 Å². The molecule has 2 unspecified atom stereocenters. The second-order valence-electron chi connectivity index (χ2n) is 5.27. The number of thiazole rings is 1. The van der Waals surface area contributed by atoms with Crippen molar-refractivity contribution in [2.75, 3.05) is 12.3 Å². The van der Waals surface area contributed by atoms with E-state index in [1.807, 2.05) is 12.3 Å². The molecule has 1 aliphatic carbocycles. The van der Waals surface area contributed by atoms with E-state index in [2.05, 4.69) is 10.3 Å². The molecular formula is C14H22N2O2S2. The number of carbonyl (C=O) groups is 1. The number of rotatable bonds is 6. The molecule has 0 saturated heterocycles. The van der Waals surface area contributed by atoms with Gasteiger partial charge in [-0.2, -0.15) is 0 Å². The molecule has 1 fully saturated rings. The molecule has 112 valence electrons. The predicted molar refractivity (Wildman–Crippen MR) is 84.0 cm³/mol. The van der Waals surface area contributed by atoms with Crippen LogP contribution in [-0.2, 0) is 10.5 Å². The van der Waals surface area contributed by atoms with Crippen LogP contribution < -0.4 is 5.32 Å². The Morgan fingerprint density at radius 1 is 1.55 bits per heavy atom. The number of thioether (sulfide) groups is 1. The Balaban J connectivity index is 1.60. The zero-order valence-electron chi connectivity index (χ0n) is 11.8. The van der Waals surface area contributed by atoms with Crippen molar-refractivity contribution in [3.63, 3.8) is 0 Å². The first kappa shape index (κ1) is 15.8. The summed E-state index contributed by atoms with van der Waals surface area (Å²) >= 11 is 3.22. The lowest BCUT2D eigenvalue weighted by atomic mass is 9.86. The Morgan fingerprint density at radius 2 is 2.35 bits per heavy atom. The molecule has 1 aromatic heterocycles. The number of aromatic nitrogens is 1. The third-order valence-electron chi connectivity index (χ3n) is 3.58. The lowest BCUT2D eigenvalue weighted by Crippen LogP contribution is -2.37. The number of hydrogen-bond donors (Lipinski definition) is 2. The summed E-state index contributed by atoms with van der Waals surface area (Å²) in [4.78, 5) is 16.1. The Kier molecular flexibility index (Phi) is 6.32. The molecule has 6 heteroatoms. The average molecular weight is 314 g/mol. The maximum absolute atomic E-state index is 11.8. The van der Waals surface area contributed by atoms with Crippen molar-refractivity contribution in [2.45, 2.75) is 44.5 Å². The molecule has 0 aromatic carbocycles. The molecule has 4 nitrogen and oxygen atoms in total. The second kappa shape index (κ2) is 8.00. The minimum absolute atomic E-state index is 0.0553. The fourth-order valence-corrected chi connectivity index (χ4v) is 3.91. The normalized spacial score (nSPS) is 22.7. The summed E-state index contributed by atoms with van der Waals surface area (Å²) in [6.07, 6.45) is 3.92. The Bertz CT molecular complexity index is 437. The number of nitrogens with one attached hydrogen (secondary N) is 1. The number of aryl methyl sites for hydroxylation is 1. The third kappa shape index (κ3) is 5.07. The van der Waals surface area contributed by atoms with Gasteiger partial charge in [0.2, 0.25) is 5.91 Å². The van der Waals surface area contributed by atoms with Crippen LogP contribution in [0.1, 0.15) is 36.4 Å². The van der Waals surface area contributed by atoms with Crippen LogP contribution in [-0.4, -0.2) is 34.4 Å². The smallest absolute Gasteiger partial charge is 0.230 e. The second-order valence-corrected chi connectivity index (χ2v) is 7.31. The zero-order valence-corrected chi connectivity index (χ0v) is 13.4. The number of aliphatic hydroxyl groups excluding tert-OH is 1. The fraction of sp³-hybridized carbons (Fsp3) is 0.714. The van der Waals surface area contributed by atoms with Gasteiger partial charge < -0.3 is 10.4 Å². The van der Waals surface area contributed by atoms with Gasteiger partial charge in [-0.3, -0.25) is 4.79 Å². The molecule has 0 bridgehead atoms. The van der Waals surface area contributed by atoms with E-state index in [1.54, 1.807) is 23.1 Å². The van der Waals surface area contributed by atoms with E-state index in [0.29, 0.717) is 12.3 Å². The first-order chi connectivity index (χ1) is 9.65. The zero-order chi connectivity index (χ0) is 14.4. The van der Waals surface area contributed by atoms with Crippen LogP contribution in [0, 0.1) is 12.8 Å². The highest BCUT2D eigenvalue weighted by Crippen LogP contribution is 2.23. The molecular weight excluding hydrogens is 292 g/mol. The number of amides is 1. The predicted octanol–water partition coefficient (Wildman–Crippen LogP) is 2.35. The lowest BCUT2D eigenvalue weighted by molar-refractivity contribution is -0.119. The van der Waals surface area contributed by atoms with Crippen LogP contribution in [0.4, 0.5) is 0 Å². The number of hydrogen-bond acceptors (Lipinski definition) is 5. The molecule has 1 amide bonds. The van der Waals surface area contributed by atoms with E-state index in [4.69, 9.17) is 0 Å². The Morgan fingerprint density at radius 3 is 3.05 bits per heavy atom. The van der Waals surface area contributed by atoms with E-state index in [1.165, 1.54) is 0 Å². The fourth-order valence-electron chi connectivity index (χ4n) is 2.44. The molecule has 1 aliphatic rings. The van der Waals surface area contributed by atoms with Gasteiger partial charge in [0.25, 0.3) is 0 Å². The molecule has 0 spiro atoms. The van der Waals surface area contributed by atoms with Gasteiger partial charge in [0.1, 0.15) is 0 Å². The van der Waals surface area contributed by atoms with Crippen LogP contribution in [0.5, 0.6) is 0 Å². The standard InChI is InChI=1S/C14H22N2O2S2/c1-10-16-12(8-20-10)7-19-9-14(18)15-6-11-4-2-3-5-13(11)17/h8,11,13,17H,2-7,9H2,1H3,(H,15,18). The van der Waals surface area contributed by atoms with Gasteiger partial charge in [0.05, 0.1) is 22.6 Å². The van der Waals surface area contributed by atoms with Crippen molar-refractivity contribution in [1.29, 1.82) is 0 Å². The Hall–Kier alpha value is -0.590. The van der Waals surface area contributed by atoms with Crippen molar-refractivity contribution < 1.29 is 9.90 Å². The van der Waals surface area contributed by atoms with Crippen LogP contribution in [0.2, 0.25) is 0 Å². The van der Waals surface area contributed by atoms with Gasteiger partial charge in [-0.05, 0) is 19.8 Å². The quantitative estimate of drug-likeness (QED) is 0.846. The first-order valence-corrected chi connectivity index (χ1v) is 9.12. The van der Waals surface area contributed by atoms with E-state index >= 15 is 0 Å². The molecule has 0 radical (unpaired) electrons. The summed E-state index contributed by atoms with van der Waals surface area (Å²) in [7, 11) is 0. The Labute approximate surface area is 128 Å². The number of nitrogens with zero attached hydrogens (tertiary/aromatic N) is 1. The van der Waals surface area contributed by atoms with Crippen molar-refractivity contribution in [3.8, 4) is 0 Å².